The van der Waals surface area contributed by atoms with E-state index < -0.39 is 11.9 Å². The molecule has 0 aliphatic heterocycles. The van der Waals surface area contributed by atoms with Crippen LogP contribution >= 0.6 is 0 Å². The van der Waals surface area contributed by atoms with Gasteiger partial charge in [-0.1, -0.05) is 18.2 Å². The molecule has 0 unspecified atom stereocenters. The average Bonchev–Trinajstić information content (AvgIpc) is 2.47. The summed E-state index contributed by atoms with van der Waals surface area (Å²) < 4.78 is 9.00. The van der Waals surface area contributed by atoms with E-state index in [1.165, 1.54) is 7.11 Å². The lowest BCUT2D eigenvalue weighted by Crippen LogP contribution is -2.25. The number of nitriles is 1. The number of esters is 2. The Morgan fingerprint density at radius 3 is 2.32 bits per heavy atom. The maximum atomic E-state index is 11.6. The van der Waals surface area contributed by atoms with Crippen LogP contribution in [0, 0.1) is 11.5 Å². The molecule has 0 N–H and O–H groups in total. The fourth-order valence-corrected chi connectivity index (χ4v) is 1.32. The number of anilines is 1. The minimum Gasteiger partial charge on any atom is -0.466 e. The molecule has 1 rings (SSSR count). The van der Waals surface area contributed by atoms with Gasteiger partial charge in [0.05, 0.1) is 26.0 Å². The quantitative estimate of drug-likeness (QED) is 0.350. The van der Waals surface area contributed by atoms with Gasteiger partial charge in [0.15, 0.2) is 6.19 Å². The topological polar surface area (TPSA) is 79.6 Å². The number of carbonyl (C=O) groups excluding carboxylic acids is 2. The first kappa shape index (κ1) is 14.3. The second-order valence-corrected chi connectivity index (χ2v) is 3.32. The summed E-state index contributed by atoms with van der Waals surface area (Å²) in [4.78, 5) is 23.9. The van der Waals surface area contributed by atoms with Gasteiger partial charge in [0.2, 0.25) is 0 Å². The number of rotatable bonds is 4. The zero-order valence-corrected chi connectivity index (χ0v) is 10.5. The van der Waals surface area contributed by atoms with Crippen LogP contribution < -0.4 is 4.90 Å². The number of carbonyl (C=O) groups is 2. The number of ether oxygens (including phenoxy) is 2. The van der Waals surface area contributed by atoms with Crippen LogP contribution in [0.25, 0.3) is 0 Å². The Morgan fingerprint density at radius 2 is 1.84 bits per heavy atom. The van der Waals surface area contributed by atoms with Crippen LogP contribution in [0.4, 0.5) is 5.69 Å². The first-order chi connectivity index (χ1) is 9.13. The Hall–Kier alpha value is -2.81. The Morgan fingerprint density at radius 1 is 1.21 bits per heavy atom. The Kier molecular flexibility index (Phi) is 5.11. The van der Waals surface area contributed by atoms with Gasteiger partial charge < -0.3 is 9.47 Å². The summed E-state index contributed by atoms with van der Waals surface area (Å²) in [5, 5.41) is 9.16. The smallest absolute Gasteiger partial charge is 0.356 e. The van der Waals surface area contributed by atoms with Crippen molar-refractivity contribution in [3.8, 4) is 6.19 Å². The lowest BCUT2D eigenvalue weighted by molar-refractivity contribution is -0.138. The molecule has 0 aromatic heterocycles. The summed E-state index contributed by atoms with van der Waals surface area (Å²) >= 11 is 0. The van der Waals surface area contributed by atoms with Crippen LogP contribution in [-0.4, -0.2) is 26.2 Å². The van der Waals surface area contributed by atoms with Crippen molar-refractivity contribution < 1.29 is 19.1 Å². The molecule has 1 aromatic rings. The maximum absolute atomic E-state index is 11.6. The predicted molar refractivity (Wildman–Crippen MR) is 66.6 cm³/mol. The van der Waals surface area contributed by atoms with Gasteiger partial charge >= 0.3 is 11.9 Å². The van der Waals surface area contributed by atoms with Gasteiger partial charge in [-0.15, -0.1) is 0 Å². The second kappa shape index (κ2) is 6.81. The molecule has 0 saturated heterocycles. The summed E-state index contributed by atoms with van der Waals surface area (Å²) in [6.07, 6.45) is 2.72. The molecule has 0 aliphatic carbocycles. The average molecular weight is 260 g/mol. The van der Waals surface area contributed by atoms with Gasteiger partial charge in [-0.2, -0.15) is 5.26 Å². The first-order valence-corrected chi connectivity index (χ1v) is 5.27. The highest BCUT2D eigenvalue weighted by molar-refractivity contribution is 6.00. The van der Waals surface area contributed by atoms with Crippen LogP contribution in [-0.2, 0) is 19.1 Å². The Bertz CT molecular complexity index is 531. The van der Waals surface area contributed by atoms with E-state index in [2.05, 4.69) is 9.47 Å². The van der Waals surface area contributed by atoms with Gasteiger partial charge in [-0.05, 0) is 12.1 Å². The molecule has 0 saturated carbocycles. The van der Waals surface area contributed by atoms with E-state index in [-0.39, 0.29) is 5.70 Å². The number of methoxy groups -OCH3 is 2. The molecule has 0 spiro atoms. The van der Waals surface area contributed by atoms with Crippen LogP contribution in [0.5, 0.6) is 0 Å². The number of para-hydroxylation sites is 1. The molecule has 6 nitrogen and oxygen atoms in total. The third kappa shape index (κ3) is 3.57. The number of hydrogen-bond donors (Lipinski definition) is 0. The molecule has 19 heavy (non-hydrogen) atoms. The number of hydrogen-bond acceptors (Lipinski definition) is 6. The summed E-state index contributed by atoms with van der Waals surface area (Å²) in [5.74, 6) is -1.56. The van der Waals surface area contributed by atoms with E-state index in [9.17, 15) is 9.59 Å². The Balaban J connectivity index is 3.23. The van der Waals surface area contributed by atoms with E-state index in [0.29, 0.717) is 5.69 Å². The molecule has 1 aromatic carbocycles. The van der Waals surface area contributed by atoms with Gasteiger partial charge in [-0.25, -0.2) is 14.5 Å². The van der Waals surface area contributed by atoms with Gasteiger partial charge in [0.25, 0.3) is 0 Å². The summed E-state index contributed by atoms with van der Waals surface area (Å²) in [6, 6.07) is 8.41. The molecule has 0 fully saturated rings. The van der Waals surface area contributed by atoms with Gasteiger partial charge in [0.1, 0.15) is 5.70 Å². The van der Waals surface area contributed by atoms with Crippen molar-refractivity contribution in [3.63, 3.8) is 0 Å². The number of nitrogens with zero attached hydrogens (tertiary/aromatic N) is 2. The molecular formula is C13H12N2O4. The van der Waals surface area contributed by atoms with E-state index in [1.54, 1.807) is 30.3 Å². The van der Waals surface area contributed by atoms with E-state index in [1.807, 2.05) is 6.19 Å². The highest BCUT2D eigenvalue weighted by Crippen LogP contribution is 2.18. The van der Waals surface area contributed by atoms with Crippen LogP contribution in [0.2, 0.25) is 0 Å². The molecule has 0 aliphatic rings. The van der Waals surface area contributed by atoms with E-state index in [4.69, 9.17) is 5.26 Å². The minimum absolute atomic E-state index is 0.219. The van der Waals surface area contributed by atoms with Crippen molar-refractivity contribution in [2.75, 3.05) is 19.1 Å². The summed E-state index contributed by atoms with van der Waals surface area (Å²) in [7, 11) is 2.33. The van der Waals surface area contributed by atoms with Gasteiger partial charge in [0, 0.05) is 0 Å². The molecular weight excluding hydrogens is 248 g/mol. The highest BCUT2D eigenvalue weighted by Gasteiger charge is 2.21. The monoisotopic (exact) mass is 260 g/mol. The molecule has 0 atom stereocenters. The fourth-order valence-electron chi connectivity index (χ4n) is 1.32. The number of benzene rings is 1. The normalized spacial score (nSPS) is 10.3. The molecule has 6 heteroatoms. The third-order valence-corrected chi connectivity index (χ3v) is 2.21. The molecule has 0 bridgehead atoms. The van der Waals surface area contributed by atoms with Crippen LogP contribution in [0.1, 0.15) is 0 Å². The lowest BCUT2D eigenvalue weighted by atomic mass is 10.2. The van der Waals surface area contributed by atoms with Crippen LogP contribution in [0.3, 0.4) is 0 Å². The molecule has 98 valence electrons. The fraction of sp³-hybridized carbons (Fsp3) is 0.154. The van der Waals surface area contributed by atoms with Crippen molar-refractivity contribution in [2.24, 2.45) is 0 Å². The Labute approximate surface area is 110 Å². The van der Waals surface area contributed by atoms with Gasteiger partial charge in [-0.3, -0.25) is 0 Å². The molecule has 0 radical (unpaired) electrons. The minimum atomic E-state index is -0.809. The van der Waals surface area contributed by atoms with Crippen molar-refractivity contribution in [2.45, 2.75) is 0 Å². The zero-order valence-electron chi connectivity index (χ0n) is 10.5. The molecule has 0 heterocycles. The van der Waals surface area contributed by atoms with Crippen molar-refractivity contribution in [3.05, 3.63) is 42.1 Å². The summed E-state index contributed by atoms with van der Waals surface area (Å²) in [6.45, 7) is 0. The van der Waals surface area contributed by atoms with Crippen LogP contribution in [0.15, 0.2) is 42.1 Å². The van der Waals surface area contributed by atoms with E-state index in [0.717, 1.165) is 18.1 Å². The first-order valence-electron chi connectivity index (χ1n) is 5.27. The third-order valence-electron chi connectivity index (χ3n) is 2.21. The maximum Gasteiger partial charge on any atom is 0.356 e. The van der Waals surface area contributed by atoms with Crippen molar-refractivity contribution in [1.82, 2.24) is 0 Å². The van der Waals surface area contributed by atoms with Crippen molar-refractivity contribution in [1.29, 1.82) is 5.26 Å². The zero-order chi connectivity index (χ0) is 14.3. The van der Waals surface area contributed by atoms with Crippen molar-refractivity contribution >= 4 is 17.6 Å². The lowest BCUT2D eigenvalue weighted by Gasteiger charge is -2.16. The predicted octanol–water partition coefficient (Wildman–Crippen LogP) is 1.20. The summed E-state index contributed by atoms with van der Waals surface area (Å²) in [5.41, 5.74) is 0.216. The standard InChI is InChI=1S/C13H12N2O4/c1-18-12(16)8-11(13(17)19-2)15(9-14)10-6-4-3-5-7-10/h3-8H,1-2H3/b11-8+. The van der Waals surface area contributed by atoms with E-state index >= 15 is 0 Å². The SMILES string of the molecule is COC(=O)/C=C(\C(=O)OC)N(C#N)c1ccccc1. The molecule has 0 amide bonds. The highest BCUT2D eigenvalue weighted by atomic mass is 16.5. The second-order valence-electron chi connectivity index (χ2n) is 3.32. The largest absolute Gasteiger partial charge is 0.466 e.